The van der Waals surface area contributed by atoms with Gasteiger partial charge in [0, 0.05) is 5.56 Å². The van der Waals surface area contributed by atoms with E-state index in [1.54, 1.807) is 24.3 Å². The van der Waals surface area contributed by atoms with Crippen LogP contribution in [0.15, 0.2) is 30.3 Å². The first-order valence-electron chi connectivity index (χ1n) is 4.55. The molecule has 0 spiro atoms. The normalized spacial score (nSPS) is 10.4. The van der Waals surface area contributed by atoms with E-state index in [-0.39, 0.29) is 0 Å². The molecule has 0 saturated carbocycles. The Bertz CT molecular complexity index is 458. The number of ether oxygens (including phenoxy) is 2. The van der Waals surface area contributed by atoms with E-state index in [4.69, 9.17) is 10.00 Å². The van der Waals surface area contributed by atoms with E-state index in [1.807, 2.05) is 6.07 Å². The van der Waals surface area contributed by atoms with Crippen LogP contribution in [0.1, 0.15) is 11.1 Å². The SMILES string of the molecule is COC(=O)/C=C(/OC)c1cccc(C#N)c1. The fourth-order valence-corrected chi connectivity index (χ4v) is 1.17. The molecule has 0 aliphatic carbocycles. The lowest BCUT2D eigenvalue weighted by Gasteiger charge is -2.05. The molecule has 0 atom stereocenters. The Kier molecular flexibility index (Phi) is 4.10. The number of carbonyl (C=O) groups excluding carboxylic acids is 1. The van der Waals surface area contributed by atoms with Crippen LogP contribution in [-0.2, 0) is 14.3 Å². The highest BCUT2D eigenvalue weighted by Gasteiger charge is 2.05. The van der Waals surface area contributed by atoms with Crippen molar-refractivity contribution < 1.29 is 14.3 Å². The minimum atomic E-state index is -0.501. The quantitative estimate of drug-likeness (QED) is 0.439. The Morgan fingerprint density at radius 1 is 1.38 bits per heavy atom. The van der Waals surface area contributed by atoms with E-state index in [1.165, 1.54) is 20.3 Å². The van der Waals surface area contributed by atoms with E-state index < -0.39 is 5.97 Å². The van der Waals surface area contributed by atoms with Crippen LogP contribution in [0.5, 0.6) is 0 Å². The lowest BCUT2D eigenvalue weighted by Crippen LogP contribution is -1.98. The summed E-state index contributed by atoms with van der Waals surface area (Å²) in [5.74, 6) is -0.136. The maximum absolute atomic E-state index is 11.1. The fraction of sp³-hybridized carbons (Fsp3) is 0.167. The van der Waals surface area contributed by atoms with Gasteiger partial charge in [-0.05, 0) is 12.1 Å². The van der Waals surface area contributed by atoms with E-state index in [0.29, 0.717) is 16.9 Å². The van der Waals surface area contributed by atoms with Crippen molar-refractivity contribution >= 4 is 11.7 Å². The van der Waals surface area contributed by atoms with E-state index in [2.05, 4.69) is 4.74 Å². The van der Waals surface area contributed by atoms with Gasteiger partial charge >= 0.3 is 5.97 Å². The topological polar surface area (TPSA) is 59.3 Å². The largest absolute Gasteiger partial charge is 0.496 e. The summed E-state index contributed by atoms with van der Waals surface area (Å²) in [5, 5.41) is 8.74. The molecule has 0 aromatic heterocycles. The van der Waals surface area contributed by atoms with Crippen LogP contribution in [0, 0.1) is 11.3 Å². The lowest BCUT2D eigenvalue weighted by atomic mass is 10.1. The molecule has 0 bridgehead atoms. The number of benzene rings is 1. The van der Waals surface area contributed by atoms with Crippen LogP contribution in [0.4, 0.5) is 0 Å². The first kappa shape index (κ1) is 11.8. The molecule has 0 heterocycles. The third-order valence-electron chi connectivity index (χ3n) is 1.95. The number of rotatable bonds is 3. The van der Waals surface area contributed by atoms with Gasteiger partial charge in [0.2, 0.25) is 0 Å². The van der Waals surface area contributed by atoms with Crippen molar-refractivity contribution in [2.75, 3.05) is 14.2 Å². The molecule has 0 aliphatic heterocycles. The van der Waals surface area contributed by atoms with Gasteiger partial charge in [0.15, 0.2) is 0 Å². The van der Waals surface area contributed by atoms with Gasteiger partial charge < -0.3 is 9.47 Å². The lowest BCUT2D eigenvalue weighted by molar-refractivity contribution is -0.134. The average Bonchev–Trinajstić information content (AvgIpc) is 2.35. The summed E-state index contributed by atoms with van der Waals surface area (Å²) in [6.45, 7) is 0. The van der Waals surface area contributed by atoms with Crippen molar-refractivity contribution in [2.24, 2.45) is 0 Å². The predicted octanol–water partition coefficient (Wildman–Crippen LogP) is 1.72. The highest BCUT2D eigenvalue weighted by Crippen LogP contribution is 2.16. The van der Waals surface area contributed by atoms with Crippen LogP contribution in [0.25, 0.3) is 5.76 Å². The van der Waals surface area contributed by atoms with Crippen LogP contribution in [-0.4, -0.2) is 20.2 Å². The van der Waals surface area contributed by atoms with Gasteiger partial charge in [0.25, 0.3) is 0 Å². The zero-order valence-corrected chi connectivity index (χ0v) is 9.06. The van der Waals surface area contributed by atoms with Crippen molar-refractivity contribution in [1.82, 2.24) is 0 Å². The van der Waals surface area contributed by atoms with E-state index >= 15 is 0 Å². The number of nitriles is 1. The second-order valence-electron chi connectivity index (χ2n) is 2.93. The summed E-state index contributed by atoms with van der Waals surface area (Å²) >= 11 is 0. The molecule has 1 aromatic carbocycles. The number of hydrogen-bond acceptors (Lipinski definition) is 4. The highest BCUT2D eigenvalue weighted by molar-refractivity contribution is 5.89. The number of esters is 1. The molecule has 0 amide bonds. The second kappa shape index (κ2) is 5.56. The number of nitrogens with zero attached hydrogens (tertiary/aromatic N) is 1. The summed E-state index contributed by atoms with van der Waals surface area (Å²) in [7, 11) is 2.74. The summed E-state index contributed by atoms with van der Waals surface area (Å²) < 4.78 is 9.56. The summed E-state index contributed by atoms with van der Waals surface area (Å²) in [5.41, 5.74) is 1.16. The Labute approximate surface area is 93.7 Å². The van der Waals surface area contributed by atoms with Gasteiger partial charge in [0.1, 0.15) is 5.76 Å². The number of hydrogen-bond donors (Lipinski definition) is 0. The predicted molar refractivity (Wildman–Crippen MR) is 58.2 cm³/mol. The molecular formula is C12H11NO3. The first-order valence-corrected chi connectivity index (χ1v) is 4.55. The smallest absolute Gasteiger partial charge is 0.334 e. The summed E-state index contributed by atoms with van der Waals surface area (Å²) in [6.07, 6.45) is 1.23. The molecule has 16 heavy (non-hydrogen) atoms. The molecule has 4 nitrogen and oxygen atoms in total. The fourth-order valence-electron chi connectivity index (χ4n) is 1.17. The molecule has 1 aromatic rings. The Morgan fingerprint density at radius 2 is 2.12 bits per heavy atom. The van der Waals surface area contributed by atoms with Gasteiger partial charge in [-0.25, -0.2) is 4.79 Å². The van der Waals surface area contributed by atoms with Gasteiger partial charge in [0.05, 0.1) is 31.9 Å². The molecule has 82 valence electrons. The highest BCUT2D eigenvalue weighted by atomic mass is 16.5. The zero-order valence-electron chi connectivity index (χ0n) is 9.06. The minimum Gasteiger partial charge on any atom is -0.496 e. The van der Waals surface area contributed by atoms with Crippen molar-refractivity contribution in [3.05, 3.63) is 41.5 Å². The van der Waals surface area contributed by atoms with Crippen LogP contribution in [0.3, 0.4) is 0 Å². The molecule has 4 heteroatoms. The van der Waals surface area contributed by atoms with Gasteiger partial charge in [-0.3, -0.25) is 0 Å². The zero-order chi connectivity index (χ0) is 12.0. The van der Waals surface area contributed by atoms with Crippen LogP contribution in [0.2, 0.25) is 0 Å². The molecule has 0 fully saturated rings. The Hall–Kier alpha value is -2.28. The van der Waals surface area contributed by atoms with Gasteiger partial charge in [-0.2, -0.15) is 5.26 Å². The van der Waals surface area contributed by atoms with Crippen molar-refractivity contribution in [2.45, 2.75) is 0 Å². The maximum atomic E-state index is 11.1. The van der Waals surface area contributed by atoms with Gasteiger partial charge in [-0.15, -0.1) is 0 Å². The Balaban J connectivity index is 3.09. The molecule has 0 aliphatic rings. The van der Waals surface area contributed by atoms with Gasteiger partial charge in [-0.1, -0.05) is 12.1 Å². The molecular weight excluding hydrogens is 206 g/mol. The molecule has 1 rings (SSSR count). The second-order valence-corrected chi connectivity index (χ2v) is 2.93. The molecule has 0 unspecified atom stereocenters. The number of methoxy groups -OCH3 is 2. The first-order chi connectivity index (χ1) is 7.71. The van der Waals surface area contributed by atoms with Crippen molar-refractivity contribution in [3.63, 3.8) is 0 Å². The van der Waals surface area contributed by atoms with Crippen molar-refractivity contribution in [3.8, 4) is 6.07 Å². The standard InChI is InChI=1S/C12H11NO3/c1-15-11(7-12(14)16-2)10-5-3-4-9(6-10)8-13/h3-7H,1-2H3/b11-7+. The summed E-state index contributed by atoms with van der Waals surface area (Å²) in [4.78, 5) is 11.1. The third kappa shape index (κ3) is 2.85. The average molecular weight is 217 g/mol. The van der Waals surface area contributed by atoms with E-state index in [0.717, 1.165) is 0 Å². The van der Waals surface area contributed by atoms with Crippen LogP contribution >= 0.6 is 0 Å². The molecule has 0 radical (unpaired) electrons. The Morgan fingerprint density at radius 3 is 2.69 bits per heavy atom. The molecule has 0 saturated heterocycles. The maximum Gasteiger partial charge on any atom is 0.334 e. The van der Waals surface area contributed by atoms with Crippen LogP contribution < -0.4 is 0 Å². The van der Waals surface area contributed by atoms with Crippen molar-refractivity contribution in [1.29, 1.82) is 5.26 Å². The number of carbonyl (C=O) groups is 1. The van der Waals surface area contributed by atoms with E-state index in [9.17, 15) is 4.79 Å². The molecule has 0 N–H and O–H groups in total. The minimum absolute atomic E-state index is 0.365. The third-order valence-corrected chi connectivity index (χ3v) is 1.95. The monoisotopic (exact) mass is 217 g/mol. The summed E-state index contributed by atoms with van der Waals surface area (Å²) in [6, 6.07) is 8.80.